The van der Waals surface area contributed by atoms with E-state index < -0.39 is 11.6 Å². The first-order valence-corrected chi connectivity index (χ1v) is 29.5. The van der Waals surface area contributed by atoms with Crippen molar-refractivity contribution in [2.75, 3.05) is 13.1 Å². The Kier molecular flexibility index (Phi) is 18.4. The number of benzene rings is 6. The van der Waals surface area contributed by atoms with Gasteiger partial charge in [0.25, 0.3) is 11.8 Å². The van der Waals surface area contributed by atoms with Crippen LogP contribution >= 0.6 is 69.1 Å². The number of rotatable bonds is 16. The van der Waals surface area contributed by atoms with Gasteiger partial charge in [0.15, 0.2) is 0 Å². The molecule has 10 rings (SSSR count). The molecule has 10 aromatic rings. The van der Waals surface area contributed by atoms with E-state index in [4.69, 9.17) is 66.4 Å². The van der Waals surface area contributed by atoms with Crippen LogP contribution in [0.25, 0.3) is 66.6 Å². The zero-order valence-electron chi connectivity index (χ0n) is 45.9. The summed E-state index contributed by atoms with van der Waals surface area (Å²) >= 11 is 28.0. The number of hydrogen-bond acceptors (Lipinski definition) is 9. The van der Waals surface area contributed by atoms with E-state index in [2.05, 4.69) is 104 Å². The zero-order valence-corrected chi connectivity index (χ0v) is 50.6. The normalized spacial score (nSPS) is 12.2. The van der Waals surface area contributed by atoms with Crippen LogP contribution in [-0.4, -0.2) is 67.1 Å². The number of ether oxygens (including phenoxy) is 1. The smallest absolute Gasteiger partial charge is 0.308 e. The second kappa shape index (κ2) is 25.5. The lowest BCUT2D eigenvalue weighted by molar-refractivity contribution is -0.154. The summed E-state index contributed by atoms with van der Waals surface area (Å²) in [5, 5.41) is 31.0. The lowest BCUT2D eigenvalue weighted by atomic mass is 10.0. The highest BCUT2D eigenvalue weighted by atomic mass is 35.5. The Morgan fingerprint density at radius 1 is 0.524 bits per heavy atom. The van der Waals surface area contributed by atoms with Gasteiger partial charge in [-0.25, -0.2) is 0 Å². The Morgan fingerprint density at radius 2 is 0.915 bits per heavy atom. The molecule has 2 atom stereocenters. The molecule has 0 aliphatic carbocycles. The highest BCUT2D eigenvalue weighted by Gasteiger charge is 2.24. The average molecular weight is 1210 g/mol. The van der Waals surface area contributed by atoms with Gasteiger partial charge in [-0.2, -0.15) is 10.2 Å². The number of nitrogens with one attached hydrogen (secondary N) is 2. The van der Waals surface area contributed by atoms with Gasteiger partial charge in [-0.3, -0.25) is 28.5 Å². The molecule has 6 aromatic carbocycles. The Labute approximate surface area is 503 Å². The Hall–Kier alpha value is -7.30. The van der Waals surface area contributed by atoms with E-state index in [0.717, 1.165) is 70.9 Å². The molecule has 2 amide bonds. The minimum atomic E-state index is -0.956. The number of halogens is 4. The third-order valence-electron chi connectivity index (χ3n) is 13.3. The number of carbonyl (C=O) groups is 4. The predicted octanol–water partition coefficient (Wildman–Crippen LogP) is 17.0. The van der Waals surface area contributed by atoms with Crippen molar-refractivity contribution in [3.63, 3.8) is 0 Å². The molecule has 0 radical (unpaired) electrons. The summed E-state index contributed by atoms with van der Waals surface area (Å²) in [6, 6.07) is 47.4. The maximum Gasteiger partial charge on any atom is 0.308 e. The molecule has 2 unspecified atom stereocenters. The van der Waals surface area contributed by atoms with Gasteiger partial charge >= 0.3 is 11.9 Å². The van der Waals surface area contributed by atoms with Crippen molar-refractivity contribution >= 4 is 114 Å². The van der Waals surface area contributed by atoms with Gasteiger partial charge in [0, 0.05) is 65.2 Å². The first kappa shape index (κ1) is 59.3. The number of hydrogen-bond donors (Lipinski definition) is 3. The SMILES string of the molecule is Cc1ccc2cc(-c3cc(-c4cc(Cl)cc(Cl)c4)nn3C(C)c3ccc(C(=O)NCCC(=O)O)s3)ccc2c1.Cc1ccc2cc(-c3cc(-c4cc(Cl)cc(Cl)c4)nn3C(C)c3ccc(C(=O)NCCC(=O)OC(C)(C)C)s3)ccc2c1. The number of aliphatic carboxylic acids is 1. The molecule has 4 heterocycles. The quantitative estimate of drug-likeness (QED) is 0.0807. The van der Waals surface area contributed by atoms with Crippen molar-refractivity contribution in [3.05, 3.63) is 196 Å². The van der Waals surface area contributed by atoms with Crippen LogP contribution in [0.5, 0.6) is 0 Å². The third-order valence-corrected chi connectivity index (χ3v) is 16.7. The van der Waals surface area contributed by atoms with Gasteiger partial charge in [0.2, 0.25) is 0 Å². The number of carboxylic acid groups (broad SMARTS) is 1. The molecule has 0 fully saturated rings. The fourth-order valence-electron chi connectivity index (χ4n) is 9.31. The van der Waals surface area contributed by atoms with Crippen LogP contribution in [0.2, 0.25) is 20.1 Å². The summed E-state index contributed by atoms with van der Waals surface area (Å²) in [6.07, 6.45) is -0.0193. The van der Waals surface area contributed by atoms with Crippen molar-refractivity contribution in [2.24, 2.45) is 0 Å². The molecular formula is C64H58Cl4N6O6S2. The molecule has 0 bridgehead atoms. The van der Waals surface area contributed by atoms with E-state index in [1.165, 1.54) is 39.2 Å². The van der Waals surface area contributed by atoms with Crippen molar-refractivity contribution in [2.45, 2.75) is 79.0 Å². The minimum absolute atomic E-state index is 0.0767. The molecule has 82 heavy (non-hydrogen) atoms. The fourth-order valence-corrected chi connectivity index (χ4v) is 12.3. The number of aryl methyl sites for hydroxylation is 2. The first-order chi connectivity index (χ1) is 39.0. The molecule has 420 valence electrons. The van der Waals surface area contributed by atoms with Gasteiger partial charge < -0.3 is 20.5 Å². The van der Waals surface area contributed by atoms with Gasteiger partial charge in [0.05, 0.1) is 57.5 Å². The largest absolute Gasteiger partial charge is 0.481 e. The third kappa shape index (κ3) is 14.7. The highest BCUT2D eigenvalue weighted by molar-refractivity contribution is 7.14. The standard InChI is InChI=1S/C34H33Cl2N3O3S.C30H25Cl2N3O3S/c1-20-6-7-23-15-24(9-8-22(23)14-20)29-19-28(25-16-26(35)18-27(36)17-25)38-39(29)21(2)30-10-11-31(43-30)33(41)37-13-12-32(40)42-34(3,4)5;1-17-3-4-20-12-21(6-5-19(20)11-17)26-16-25(22-13-23(31)15-24(32)14-22)34-35(26)18(2)27-7-8-28(39-27)30(38)33-10-9-29(36)37/h6-11,14-19,21H,12-13H2,1-5H3,(H,37,41);3-8,11-16,18H,9-10H2,1-2H3,(H,33,38)(H,36,37). The van der Waals surface area contributed by atoms with Crippen LogP contribution in [-0.2, 0) is 14.3 Å². The Bertz CT molecular complexity index is 4000. The van der Waals surface area contributed by atoms with Gasteiger partial charge in [0.1, 0.15) is 5.60 Å². The van der Waals surface area contributed by atoms with Crippen LogP contribution in [0.15, 0.2) is 146 Å². The lowest BCUT2D eigenvalue weighted by Gasteiger charge is -2.19. The molecule has 0 saturated carbocycles. The number of amides is 2. The van der Waals surface area contributed by atoms with Gasteiger partial charge in [-0.15, -0.1) is 22.7 Å². The molecule has 0 spiro atoms. The van der Waals surface area contributed by atoms with E-state index in [1.54, 1.807) is 24.3 Å². The van der Waals surface area contributed by atoms with Gasteiger partial charge in [-0.1, -0.05) is 118 Å². The van der Waals surface area contributed by atoms with E-state index in [9.17, 15) is 19.2 Å². The lowest BCUT2D eigenvalue weighted by Crippen LogP contribution is -2.29. The average Bonchev–Trinajstić information content (AvgIpc) is 4.45. The number of carbonyl (C=O) groups excluding carboxylic acids is 3. The monoisotopic (exact) mass is 1210 g/mol. The summed E-state index contributed by atoms with van der Waals surface area (Å²) in [5.74, 6) is -1.83. The molecule has 12 nitrogen and oxygen atoms in total. The van der Waals surface area contributed by atoms with Crippen LogP contribution in [0, 0.1) is 13.8 Å². The van der Waals surface area contributed by atoms with Crippen molar-refractivity contribution < 1.29 is 29.0 Å². The highest BCUT2D eigenvalue weighted by Crippen LogP contribution is 2.38. The second-order valence-corrected chi connectivity index (χ2v) is 24.9. The summed E-state index contributed by atoms with van der Waals surface area (Å²) in [4.78, 5) is 51.2. The maximum absolute atomic E-state index is 12.9. The van der Waals surface area contributed by atoms with Crippen LogP contribution in [0.1, 0.15) is 99.8 Å². The Morgan fingerprint density at radius 3 is 1.32 bits per heavy atom. The topological polar surface area (TPSA) is 157 Å². The number of thiophene rings is 2. The van der Waals surface area contributed by atoms with E-state index in [0.29, 0.717) is 29.8 Å². The fraction of sp³-hybridized carbons (Fsp3) is 0.219. The second-order valence-electron chi connectivity index (χ2n) is 20.9. The Balaban J connectivity index is 0.000000198. The predicted molar refractivity (Wildman–Crippen MR) is 334 cm³/mol. The molecule has 18 heteroatoms. The van der Waals surface area contributed by atoms with Crippen molar-refractivity contribution in [1.29, 1.82) is 0 Å². The molecule has 3 N–H and O–H groups in total. The number of fused-ring (bicyclic) bond motifs is 2. The zero-order chi connectivity index (χ0) is 58.6. The van der Waals surface area contributed by atoms with Gasteiger partial charge in [-0.05, 0) is 155 Å². The molecule has 0 aliphatic rings. The number of carboxylic acids is 1. The summed E-state index contributed by atoms with van der Waals surface area (Å²) in [5.41, 5.74) is 8.82. The van der Waals surface area contributed by atoms with Crippen LogP contribution < -0.4 is 10.6 Å². The number of esters is 1. The van der Waals surface area contributed by atoms with Crippen LogP contribution in [0.4, 0.5) is 0 Å². The maximum atomic E-state index is 12.9. The number of aromatic nitrogens is 4. The van der Waals surface area contributed by atoms with Crippen molar-refractivity contribution in [3.8, 4) is 45.0 Å². The molecule has 0 aliphatic heterocycles. The molecule has 4 aromatic heterocycles. The van der Waals surface area contributed by atoms with E-state index in [1.807, 2.05) is 85.6 Å². The van der Waals surface area contributed by atoms with E-state index in [-0.39, 0.29) is 55.8 Å². The number of nitrogens with zero attached hydrogens (tertiary/aromatic N) is 4. The molecule has 0 saturated heterocycles. The van der Waals surface area contributed by atoms with Crippen LogP contribution in [0.3, 0.4) is 0 Å². The summed E-state index contributed by atoms with van der Waals surface area (Å²) in [6.45, 7) is 14.0. The summed E-state index contributed by atoms with van der Waals surface area (Å²) < 4.78 is 9.26. The minimum Gasteiger partial charge on any atom is -0.481 e. The molecular weight excluding hydrogens is 1150 g/mol. The summed E-state index contributed by atoms with van der Waals surface area (Å²) in [7, 11) is 0. The first-order valence-electron chi connectivity index (χ1n) is 26.4. The van der Waals surface area contributed by atoms with Crippen molar-refractivity contribution in [1.82, 2.24) is 30.2 Å². The van der Waals surface area contributed by atoms with E-state index >= 15 is 0 Å².